The van der Waals surface area contributed by atoms with Gasteiger partial charge in [-0.15, -0.1) is 0 Å². The molecule has 34 heavy (non-hydrogen) atoms. The Morgan fingerprint density at radius 2 is 1.79 bits per heavy atom. The van der Waals surface area contributed by atoms with E-state index in [1.54, 1.807) is 7.11 Å². The van der Waals surface area contributed by atoms with E-state index < -0.39 is 0 Å². The van der Waals surface area contributed by atoms with Crippen LogP contribution in [0.3, 0.4) is 0 Å². The van der Waals surface area contributed by atoms with Crippen molar-refractivity contribution in [2.24, 2.45) is 0 Å². The molecule has 3 unspecified atom stereocenters. The number of ketones is 1. The Bertz CT molecular complexity index is 1110. The van der Waals surface area contributed by atoms with Crippen LogP contribution in [0.5, 0.6) is 17.2 Å². The van der Waals surface area contributed by atoms with Crippen molar-refractivity contribution in [2.45, 2.75) is 64.4 Å². The fraction of sp³-hybridized carbons (Fsp3) is 0.429. The number of nitrogens with one attached hydrogen (secondary N) is 1. The van der Waals surface area contributed by atoms with Gasteiger partial charge in [-0.1, -0.05) is 31.2 Å². The molecule has 0 spiro atoms. The van der Waals surface area contributed by atoms with Crippen LogP contribution in [0.25, 0.3) is 0 Å². The van der Waals surface area contributed by atoms with Crippen molar-refractivity contribution >= 4 is 11.7 Å². The van der Waals surface area contributed by atoms with Crippen molar-refractivity contribution in [1.82, 2.24) is 5.32 Å². The van der Waals surface area contributed by atoms with Crippen LogP contribution in [-0.4, -0.2) is 31.5 Å². The number of para-hydroxylation sites is 1. The first-order chi connectivity index (χ1) is 16.4. The molecule has 6 nitrogen and oxygen atoms in total. The molecule has 0 bridgehead atoms. The maximum absolute atomic E-state index is 13.5. The van der Waals surface area contributed by atoms with Gasteiger partial charge in [0, 0.05) is 35.6 Å². The molecule has 0 saturated carbocycles. The van der Waals surface area contributed by atoms with Gasteiger partial charge < -0.3 is 19.5 Å². The number of rotatable bonds is 8. The molecule has 4 rings (SSSR count). The predicted molar refractivity (Wildman–Crippen MR) is 130 cm³/mol. The van der Waals surface area contributed by atoms with Gasteiger partial charge in [-0.25, -0.2) is 0 Å². The summed E-state index contributed by atoms with van der Waals surface area (Å²) in [7, 11) is 1.61. The SMILES string of the molecule is CCOc1ccc(C2CC(=O)C3=C(C2)NC(=O)CC3c2ccccc2OC(C)CC)cc1OC. The maximum Gasteiger partial charge on any atom is 0.225 e. The molecule has 0 saturated heterocycles. The molecule has 1 aliphatic carbocycles. The van der Waals surface area contributed by atoms with Crippen molar-refractivity contribution in [2.75, 3.05) is 13.7 Å². The van der Waals surface area contributed by atoms with Gasteiger partial charge in [-0.3, -0.25) is 9.59 Å². The Morgan fingerprint density at radius 3 is 2.53 bits per heavy atom. The van der Waals surface area contributed by atoms with Crippen LogP contribution < -0.4 is 19.5 Å². The van der Waals surface area contributed by atoms with E-state index in [1.807, 2.05) is 56.3 Å². The molecule has 2 aliphatic rings. The highest BCUT2D eigenvalue weighted by atomic mass is 16.5. The van der Waals surface area contributed by atoms with Crippen molar-refractivity contribution in [1.29, 1.82) is 0 Å². The summed E-state index contributed by atoms with van der Waals surface area (Å²) in [5, 5.41) is 3.00. The number of methoxy groups -OCH3 is 1. The third-order valence-electron chi connectivity index (χ3n) is 6.69. The molecular weight excluding hydrogens is 430 g/mol. The molecule has 0 fully saturated rings. The summed E-state index contributed by atoms with van der Waals surface area (Å²) in [5.74, 6) is 1.73. The Hall–Kier alpha value is -3.28. The molecule has 2 aromatic carbocycles. The van der Waals surface area contributed by atoms with Gasteiger partial charge in [-0.2, -0.15) is 0 Å². The second kappa shape index (κ2) is 10.3. The van der Waals surface area contributed by atoms with Crippen LogP contribution in [0.4, 0.5) is 0 Å². The molecule has 1 heterocycles. The summed E-state index contributed by atoms with van der Waals surface area (Å²) in [4.78, 5) is 26.2. The topological polar surface area (TPSA) is 73.9 Å². The fourth-order valence-corrected chi connectivity index (χ4v) is 4.85. The maximum atomic E-state index is 13.5. The zero-order valence-electron chi connectivity index (χ0n) is 20.4. The molecule has 3 atom stereocenters. The van der Waals surface area contributed by atoms with E-state index >= 15 is 0 Å². The second-order valence-electron chi connectivity index (χ2n) is 8.94. The number of allylic oxidation sites excluding steroid dienone is 2. The summed E-state index contributed by atoms with van der Waals surface area (Å²) in [6.07, 6.45) is 2.14. The van der Waals surface area contributed by atoms with Crippen molar-refractivity contribution in [3.63, 3.8) is 0 Å². The van der Waals surface area contributed by atoms with E-state index in [9.17, 15) is 9.59 Å². The van der Waals surface area contributed by atoms with Crippen LogP contribution in [0.1, 0.15) is 69.4 Å². The lowest BCUT2D eigenvalue weighted by molar-refractivity contribution is -0.122. The second-order valence-corrected chi connectivity index (χ2v) is 8.94. The number of ether oxygens (including phenoxy) is 3. The van der Waals surface area contributed by atoms with Crippen LogP contribution in [0.15, 0.2) is 53.7 Å². The van der Waals surface area contributed by atoms with Gasteiger partial charge in [0.2, 0.25) is 5.91 Å². The van der Waals surface area contributed by atoms with E-state index in [0.717, 1.165) is 29.0 Å². The molecule has 0 radical (unpaired) electrons. The van der Waals surface area contributed by atoms with Crippen molar-refractivity contribution < 1.29 is 23.8 Å². The van der Waals surface area contributed by atoms with Crippen LogP contribution in [-0.2, 0) is 9.59 Å². The molecule has 2 aromatic rings. The normalized spacial score (nSPS) is 20.9. The first kappa shape index (κ1) is 23.9. The Balaban J connectivity index is 1.68. The third-order valence-corrected chi connectivity index (χ3v) is 6.69. The number of hydrogen-bond acceptors (Lipinski definition) is 5. The van der Waals surface area contributed by atoms with E-state index in [2.05, 4.69) is 12.2 Å². The molecule has 1 N–H and O–H groups in total. The van der Waals surface area contributed by atoms with Gasteiger partial charge in [0.15, 0.2) is 17.3 Å². The largest absolute Gasteiger partial charge is 0.493 e. The first-order valence-corrected chi connectivity index (χ1v) is 12.1. The van der Waals surface area contributed by atoms with Crippen molar-refractivity contribution in [3.05, 3.63) is 64.9 Å². The summed E-state index contributed by atoms with van der Waals surface area (Å²) < 4.78 is 17.3. The zero-order chi connectivity index (χ0) is 24.2. The minimum absolute atomic E-state index is 0.0403. The molecular formula is C28H33NO5. The third kappa shape index (κ3) is 4.81. The van der Waals surface area contributed by atoms with E-state index in [4.69, 9.17) is 14.2 Å². The van der Waals surface area contributed by atoms with Crippen LogP contribution in [0.2, 0.25) is 0 Å². The minimum atomic E-state index is -0.299. The van der Waals surface area contributed by atoms with Gasteiger partial charge >= 0.3 is 0 Å². The number of amides is 1. The number of carbonyl (C=O) groups is 2. The number of Topliss-reactive ketones (excluding diaryl/α,β-unsaturated/α-hetero) is 1. The van der Waals surface area contributed by atoms with Gasteiger partial charge in [-0.05, 0) is 56.4 Å². The minimum Gasteiger partial charge on any atom is -0.493 e. The lowest BCUT2D eigenvalue weighted by Gasteiger charge is -2.35. The lowest BCUT2D eigenvalue weighted by Crippen LogP contribution is -2.38. The number of carbonyl (C=O) groups excluding carboxylic acids is 2. The Kier molecular flexibility index (Phi) is 7.25. The Labute approximate surface area is 201 Å². The highest BCUT2D eigenvalue weighted by Crippen LogP contribution is 2.45. The smallest absolute Gasteiger partial charge is 0.225 e. The first-order valence-electron chi connectivity index (χ1n) is 12.1. The molecule has 1 amide bonds. The summed E-state index contributed by atoms with van der Waals surface area (Å²) in [6.45, 7) is 6.57. The zero-order valence-corrected chi connectivity index (χ0v) is 20.4. The summed E-state index contributed by atoms with van der Waals surface area (Å²) in [6, 6.07) is 13.6. The highest BCUT2D eigenvalue weighted by Gasteiger charge is 2.39. The standard InChI is InChI=1S/C28H33NO5/c1-5-17(3)34-24-10-8-7-9-20(24)21-16-27(31)29-22-13-19(14-23(30)28(21)22)18-11-12-25(33-6-2)26(15-18)32-4/h7-12,15,17,19,21H,5-6,13-14,16H2,1-4H3,(H,29,31). The quantitative estimate of drug-likeness (QED) is 0.577. The van der Waals surface area contributed by atoms with Gasteiger partial charge in [0.1, 0.15) is 5.75 Å². The summed E-state index contributed by atoms with van der Waals surface area (Å²) >= 11 is 0. The number of benzene rings is 2. The van der Waals surface area contributed by atoms with E-state index in [-0.39, 0.29) is 36.1 Å². The molecule has 6 heteroatoms. The average molecular weight is 464 g/mol. The van der Waals surface area contributed by atoms with Crippen LogP contribution in [0, 0.1) is 0 Å². The van der Waals surface area contributed by atoms with Crippen LogP contribution >= 0.6 is 0 Å². The molecule has 180 valence electrons. The van der Waals surface area contributed by atoms with Gasteiger partial charge in [0.25, 0.3) is 0 Å². The summed E-state index contributed by atoms with van der Waals surface area (Å²) in [5.41, 5.74) is 3.35. The molecule has 1 aliphatic heterocycles. The van der Waals surface area contributed by atoms with Gasteiger partial charge in [0.05, 0.1) is 19.8 Å². The average Bonchev–Trinajstić information content (AvgIpc) is 2.83. The lowest BCUT2D eigenvalue weighted by atomic mass is 9.73. The monoisotopic (exact) mass is 463 g/mol. The Morgan fingerprint density at radius 1 is 1.00 bits per heavy atom. The predicted octanol–water partition coefficient (Wildman–Crippen LogP) is 5.28. The van der Waals surface area contributed by atoms with E-state index in [0.29, 0.717) is 36.5 Å². The molecule has 0 aromatic heterocycles. The van der Waals surface area contributed by atoms with E-state index in [1.165, 1.54) is 0 Å². The van der Waals surface area contributed by atoms with Crippen molar-refractivity contribution in [3.8, 4) is 17.2 Å². The fourth-order valence-electron chi connectivity index (χ4n) is 4.85. The number of hydrogen-bond donors (Lipinski definition) is 1. The highest BCUT2D eigenvalue weighted by molar-refractivity contribution is 6.02.